The van der Waals surface area contributed by atoms with Gasteiger partial charge in [-0.2, -0.15) is 0 Å². The summed E-state index contributed by atoms with van der Waals surface area (Å²) in [7, 11) is -3.22. The minimum absolute atomic E-state index is 0.0249. The molecule has 1 aromatic heterocycles. The normalized spacial score (nSPS) is 20.2. The SMILES string of the molecule is CC1CN(C(=O)OC2(C)COC2)CCN1c1ncc(OCc2ccc(S(C)(=O)=O)cc2)cn1. The number of rotatable bonds is 6. The van der Waals surface area contributed by atoms with E-state index < -0.39 is 15.4 Å². The van der Waals surface area contributed by atoms with E-state index in [4.69, 9.17) is 14.2 Å². The number of hydrogen-bond donors (Lipinski definition) is 0. The van der Waals surface area contributed by atoms with Crippen LogP contribution in [0.1, 0.15) is 19.4 Å². The van der Waals surface area contributed by atoms with Crippen molar-refractivity contribution in [2.75, 3.05) is 44.0 Å². The van der Waals surface area contributed by atoms with Crippen LogP contribution in [0.3, 0.4) is 0 Å². The van der Waals surface area contributed by atoms with Crippen molar-refractivity contribution in [3.05, 3.63) is 42.2 Å². The summed E-state index contributed by atoms with van der Waals surface area (Å²) in [5, 5.41) is 0. The molecule has 1 aromatic carbocycles. The van der Waals surface area contributed by atoms with Gasteiger partial charge in [-0.3, -0.25) is 0 Å². The smallest absolute Gasteiger partial charge is 0.410 e. The summed E-state index contributed by atoms with van der Waals surface area (Å²) in [5.41, 5.74) is 0.317. The predicted molar refractivity (Wildman–Crippen MR) is 120 cm³/mol. The molecule has 2 aliphatic heterocycles. The van der Waals surface area contributed by atoms with E-state index in [-0.39, 0.29) is 23.6 Å². The van der Waals surface area contributed by atoms with Crippen molar-refractivity contribution in [1.82, 2.24) is 14.9 Å². The van der Waals surface area contributed by atoms with Gasteiger partial charge in [0.2, 0.25) is 5.95 Å². The molecule has 2 fully saturated rings. The summed E-state index contributed by atoms with van der Waals surface area (Å²) in [6, 6.07) is 6.58. The van der Waals surface area contributed by atoms with Gasteiger partial charge in [0.1, 0.15) is 6.61 Å². The molecule has 0 spiro atoms. The Kier molecular flexibility index (Phi) is 6.44. The van der Waals surface area contributed by atoms with Crippen LogP contribution in [-0.4, -0.2) is 80.1 Å². The Morgan fingerprint density at radius 3 is 2.39 bits per heavy atom. The quantitative estimate of drug-likeness (QED) is 0.617. The molecule has 0 bridgehead atoms. The molecule has 2 aliphatic rings. The zero-order chi connectivity index (χ0) is 23.6. The van der Waals surface area contributed by atoms with Crippen LogP contribution in [0.2, 0.25) is 0 Å². The lowest BCUT2D eigenvalue weighted by molar-refractivity contribution is -0.172. The largest absolute Gasteiger partial charge is 0.486 e. The molecule has 10 nitrogen and oxygen atoms in total. The van der Waals surface area contributed by atoms with Crippen molar-refractivity contribution >= 4 is 21.9 Å². The number of piperazine rings is 1. The average molecular weight is 477 g/mol. The maximum atomic E-state index is 12.4. The number of carbonyl (C=O) groups is 1. The maximum absolute atomic E-state index is 12.4. The van der Waals surface area contributed by atoms with Gasteiger partial charge in [0, 0.05) is 31.9 Å². The van der Waals surface area contributed by atoms with Gasteiger partial charge in [-0.1, -0.05) is 12.1 Å². The predicted octanol–water partition coefficient (Wildman–Crippen LogP) is 1.90. The zero-order valence-electron chi connectivity index (χ0n) is 18.9. The van der Waals surface area contributed by atoms with Gasteiger partial charge in [0.15, 0.2) is 21.2 Å². The first-order chi connectivity index (χ1) is 15.6. The van der Waals surface area contributed by atoms with Gasteiger partial charge >= 0.3 is 6.09 Å². The van der Waals surface area contributed by atoms with Crippen molar-refractivity contribution in [2.24, 2.45) is 0 Å². The third-order valence-corrected chi connectivity index (χ3v) is 6.79. The highest BCUT2D eigenvalue weighted by Gasteiger charge is 2.40. The maximum Gasteiger partial charge on any atom is 0.410 e. The molecule has 178 valence electrons. The molecular formula is C22H28N4O6S. The van der Waals surface area contributed by atoms with Crippen LogP contribution in [0, 0.1) is 0 Å². The Balaban J connectivity index is 1.29. The second-order valence-electron chi connectivity index (χ2n) is 8.72. The topological polar surface area (TPSA) is 111 Å². The number of amides is 1. The van der Waals surface area contributed by atoms with Gasteiger partial charge in [-0.05, 0) is 31.5 Å². The molecular weight excluding hydrogens is 448 g/mol. The highest BCUT2D eigenvalue weighted by molar-refractivity contribution is 7.90. The fourth-order valence-electron chi connectivity index (χ4n) is 3.68. The first kappa shape index (κ1) is 23.2. The van der Waals surface area contributed by atoms with Crippen LogP contribution in [0.15, 0.2) is 41.6 Å². The molecule has 0 saturated carbocycles. The number of hydrogen-bond acceptors (Lipinski definition) is 9. The fraction of sp³-hybridized carbons (Fsp3) is 0.500. The van der Waals surface area contributed by atoms with E-state index in [1.54, 1.807) is 41.6 Å². The van der Waals surface area contributed by atoms with Crippen LogP contribution in [0.4, 0.5) is 10.7 Å². The first-order valence-electron chi connectivity index (χ1n) is 10.7. The number of sulfone groups is 1. The Bertz CT molecular complexity index is 1090. The third kappa shape index (κ3) is 5.53. The van der Waals surface area contributed by atoms with Crippen molar-refractivity contribution in [1.29, 1.82) is 0 Å². The van der Waals surface area contributed by atoms with E-state index in [0.29, 0.717) is 44.5 Å². The van der Waals surface area contributed by atoms with Gasteiger partial charge in [-0.25, -0.2) is 23.2 Å². The second kappa shape index (κ2) is 9.14. The number of carbonyl (C=O) groups excluding carboxylic acids is 1. The van der Waals surface area contributed by atoms with E-state index in [1.165, 1.54) is 6.26 Å². The number of ether oxygens (including phenoxy) is 3. The number of benzene rings is 1. The van der Waals surface area contributed by atoms with Crippen LogP contribution >= 0.6 is 0 Å². The van der Waals surface area contributed by atoms with Crippen LogP contribution in [-0.2, 0) is 25.9 Å². The highest BCUT2D eigenvalue weighted by atomic mass is 32.2. The average Bonchev–Trinajstić information content (AvgIpc) is 2.76. The summed E-state index contributed by atoms with van der Waals surface area (Å²) in [6.07, 6.45) is 4.08. The zero-order valence-corrected chi connectivity index (χ0v) is 19.7. The minimum Gasteiger partial charge on any atom is -0.486 e. The highest BCUT2D eigenvalue weighted by Crippen LogP contribution is 2.24. The van der Waals surface area contributed by atoms with Gasteiger partial charge in [0.05, 0.1) is 30.5 Å². The lowest BCUT2D eigenvalue weighted by atomic mass is 10.1. The minimum atomic E-state index is -3.22. The monoisotopic (exact) mass is 476 g/mol. The summed E-state index contributed by atoms with van der Waals surface area (Å²) in [6.45, 7) is 6.65. The molecule has 3 heterocycles. The van der Waals surface area contributed by atoms with Crippen molar-refractivity contribution in [3.8, 4) is 5.75 Å². The molecule has 2 saturated heterocycles. The Morgan fingerprint density at radius 1 is 1.18 bits per heavy atom. The van der Waals surface area contributed by atoms with Crippen molar-refractivity contribution in [3.63, 3.8) is 0 Å². The Labute approximate surface area is 193 Å². The van der Waals surface area contributed by atoms with E-state index in [1.807, 2.05) is 18.7 Å². The summed E-state index contributed by atoms with van der Waals surface area (Å²) in [5.74, 6) is 1.08. The molecule has 2 aromatic rings. The fourth-order valence-corrected chi connectivity index (χ4v) is 4.31. The Hall–Kier alpha value is -2.92. The van der Waals surface area contributed by atoms with E-state index in [2.05, 4.69) is 9.97 Å². The van der Waals surface area contributed by atoms with E-state index >= 15 is 0 Å². The lowest BCUT2D eigenvalue weighted by Gasteiger charge is -2.42. The summed E-state index contributed by atoms with van der Waals surface area (Å²) in [4.78, 5) is 25.3. The molecule has 1 atom stereocenters. The number of anilines is 1. The van der Waals surface area contributed by atoms with Gasteiger partial charge < -0.3 is 24.0 Å². The van der Waals surface area contributed by atoms with Gasteiger partial charge in [0.25, 0.3) is 0 Å². The Morgan fingerprint density at radius 2 is 1.85 bits per heavy atom. The molecule has 11 heteroatoms. The standard InChI is InChI=1S/C22H28N4O6S/c1-16-12-25(21(27)32-22(2)14-30-15-22)8-9-26(16)20-23-10-18(11-24-20)31-13-17-4-6-19(7-5-17)33(3,28)29/h4-7,10-11,16H,8-9,12-15H2,1-3H3. The van der Waals surface area contributed by atoms with Crippen LogP contribution < -0.4 is 9.64 Å². The summed E-state index contributed by atoms with van der Waals surface area (Å²) < 4.78 is 39.5. The molecule has 0 radical (unpaired) electrons. The van der Waals surface area contributed by atoms with Crippen molar-refractivity contribution < 1.29 is 27.4 Å². The third-order valence-electron chi connectivity index (χ3n) is 5.66. The number of aromatic nitrogens is 2. The molecule has 1 amide bonds. The van der Waals surface area contributed by atoms with E-state index in [9.17, 15) is 13.2 Å². The molecule has 1 unspecified atom stereocenters. The molecule has 0 N–H and O–H groups in total. The first-order valence-corrected chi connectivity index (χ1v) is 12.6. The second-order valence-corrected chi connectivity index (χ2v) is 10.7. The molecule has 33 heavy (non-hydrogen) atoms. The van der Waals surface area contributed by atoms with Crippen LogP contribution in [0.25, 0.3) is 0 Å². The van der Waals surface area contributed by atoms with E-state index in [0.717, 1.165) is 5.56 Å². The molecule has 0 aliphatic carbocycles. The molecule has 4 rings (SSSR count). The summed E-state index contributed by atoms with van der Waals surface area (Å²) >= 11 is 0. The lowest BCUT2D eigenvalue weighted by Crippen LogP contribution is -2.57. The van der Waals surface area contributed by atoms with Crippen LogP contribution in [0.5, 0.6) is 5.75 Å². The number of nitrogens with zero attached hydrogens (tertiary/aromatic N) is 4. The van der Waals surface area contributed by atoms with Gasteiger partial charge in [-0.15, -0.1) is 0 Å². The van der Waals surface area contributed by atoms with Crippen molar-refractivity contribution in [2.45, 2.75) is 37.0 Å².